The molecule has 0 unspecified atom stereocenters. The largest absolute Gasteiger partial charge is 1.00 e. The van der Waals surface area contributed by atoms with E-state index in [1.807, 2.05) is 0 Å². The van der Waals surface area contributed by atoms with Crippen LogP contribution >= 0.6 is 0 Å². The normalized spacial score (nSPS) is 15.1. The van der Waals surface area contributed by atoms with Crippen molar-refractivity contribution < 1.29 is 96.7 Å². The van der Waals surface area contributed by atoms with E-state index in [1.165, 1.54) is 0 Å². The van der Waals surface area contributed by atoms with E-state index in [9.17, 15) is 69.5 Å². The average molecular weight is 483 g/mol. The van der Waals surface area contributed by atoms with Crippen LogP contribution in [0.15, 0.2) is 0 Å². The molecule has 28 heavy (non-hydrogen) atoms. The molecule has 0 amide bonds. The third-order valence-electron chi connectivity index (χ3n) is 1.81. The quantitative estimate of drug-likeness (QED) is 0.386. The predicted octanol–water partition coefficient (Wildman–Crippen LogP) is -0.127. The third kappa shape index (κ3) is 9.84. The third-order valence-corrected chi connectivity index (χ3v) is 4.14. The van der Waals surface area contributed by atoms with Gasteiger partial charge in [0.1, 0.15) is 0 Å². The van der Waals surface area contributed by atoms with Gasteiger partial charge in [-0.05, 0) is 0 Å². The zero-order chi connectivity index (χ0) is 22.3. The maximum Gasteiger partial charge on any atom is 1.00 e. The van der Waals surface area contributed by atoms with Crippen LogP contribution in [0.4, 0.5) is 52.7 Å². The van der Waals surface area contributed by atoms with Crippen LogP contribution in [0, 0.1) is 0 Å². The molecule has 0 aromatic heterocycles. The van der Waals surface area contributed by atoms with Gasteiger partial charge < -0.3 is 4.13 Å². The fourth-order valence-corrected chi connectivity index (χ4v) is 3.08. The molecule has 0 fully saturated rings. The Labute approximate surface area is 159 Å². The van der Waals surface area contributed by atoms with Crippen LogP contribution in [0.1, 0.15) is 0 Å². The van der Waals surface area contributed by atoms with Crippen LogP contribution < -0.4 is 18.9 Å². The minimum absolute atomic E-state index is 0. The number of hydrogen-bond acceptors (Lipinski definition) is 6. The van der Waals surface area contributed by atoms with Crippen molar-refractivity contribution in [3.63, 3.8) is 0 Å². The standard InChI is InChI=1S/C6H2F12NO6S2.Li/c7-3(8,9)1(4(10,11)12)24-26(20,21)19-27(22,23)25-2(5(13,14)15)6(16,17)18;/h1-2H;/q-1;+1. The van der Waals surface area contributed by atoms with Crippen molar-refractivity contribution in [3.05, 3.63) is 4.13 Å². The van der Waals surface area contributed by atoms with Gasteiger partial charge in [-0.15, -0.1) is 0 Å². The molecular weight excluding hydrogens is 481 g/mol. The second-order valence-corrected chi connectivity index (χ2v) is 6.74. The van der Waals surface area contributed by atoms with E-state index >= 15 is 0 Å². The molecule has 0 radical (unpaired) electrons. The van der Waals surface area contributed by atoms with Gasteiger partial charge in [-0.25, -0.2) is 16.8 Å². The van der Waals surface area contributed by atoms with E-state index in [0.29, 0.717) is 0 Å². The number of hydrogen-bond donors (Lipinski definition) is 0. The van der Waals surface area contributed by atoms with Crippen molar-refractivity contribution in [1.82, 2.24) is 0 Å². The molecule has 0 aliphatic rings. The molecule has 0 spiro atoms. The minimum atomic E-state index is -6.90. The number of nitrogens with zero attached hydrogens (tertiary/aromatic N) is 1. The van der Waals surface area contributed by atoms with Crippen molar-refractivity contribution >= 4 is 20.6 Å². The molecule has 22 heteroatoms. The number of alkyl halides is 12. The van der Waals surface area contributed by atoms with Gasteiger partial charge in [0.05, 0.1) is 0 Å². The first kappa shape index (κ1) is 29.7. The molecule has 0 saturated heterocycles. The minimum Gasteiger partial charge on any atom is -0.387 e. The summed E-state index contributed by atoms with van der Waals surface area (Å²) in [5.74, 6) is 0. The zero-order valence-electron chi connectivity index (χ0n) is 12.4. The van der Waals surface area contributed by atoms with E-state index in [2.05, 4.69) is 8.37 Å². The van der Waals surface area contributed by atoms with Crippen LogP contribution in [0.2, 0.25) is 0 Å². The van der Waals surface area contributed by atoms with Crippen LogP contribution in [0.3, 0.4) is 0 Å². The van der Waals surface area contributed by atoms with E-state index in [1.54, 1.807) is 0 Å². The summed E-state index contributed by atoms with van der Waals surface area (Å²) in [5.41, 5.74) is 0. The fourth-order valence-electron chi connectivity index (χ4n) is 0.980. The van der Waals surface area contributed by atoms with Gasteiger partial charge in [0.25, 0.3) is 12.2 Å². The Hall–Kier alpha value is -0.463. The van der Waals surface area contributed by atoms with E-state index < -0.39 is 57.5 Å². The first-order valence-electron chi connectivity index (χ1n) is 5.26. The summed E-state index contributed by atoms with van der Waals surface area (Å²) in [7, 11) is -13.8. The van der Waals surface area contributed by atoms with Crippen molar-refractivity contribution in [1.29, 1.82) is 0 Å². The van der Waals surface area contributed by atoms with Gasteiger partial charge in [0, 0.05) is 0 Å². The molecule has 0 aromatic rings. The summed E-state index contributed by atoms with van der Waals surface area (Å²) < 4.78 is 194. The Morgan fingerprint density at radius 3 is 0.857 bits per heavy atom. The van der Waals surface area contributed by atoms with Crippen molar-refractivity contribution in [2.24, 2.45) is 0 Å². The fraction of sp³-hybridized carbons (Fsp3) is 1.00. The van der Waals surface area contributed by atoms with E-state index in [4.69, 9.17) is 0 Å². The molecule has 0 heterocycles. The van der Waals surface area contributed by atoms with Gasteiger partial charge >= 0.3 is 43.6 Å². The molecule has 0 bridgehead atoms. The molecule has 164 valence electrons. The van der Waals surface area contributed by atoms with E-state index in [0.717, 1.165) is 4.13 Å². The van der Waals surface area contributed by atoms with Crippen LogP contribution in [-0.4, -0.2) is 53.7 Å². The molecule has 0 aromatic carbocycles. The van der Waals surface area contributed by atoms with Gasteiger partial charge in [-0.3, -0.25) is 8.37 Å². The molecule has 0 rings (SSSR count). The maximum atomic E-state index is 12.1. The maximum absolute atomic E-state index is 12.1. The van der Waals surface area contributed by atoms with Crippen molar-refractivity contribution in [2.75, 3.05) is 0 Å². The van der Waals surface area contributed by atoms with Crippen LogP contribution in [0.5, 0.6) is 0 Å². The summed E-state index contributed by atoms with van der Waals surface area (Å²) in [6.45, 7) is 0. The molecule has 7 nitrogen and oxygen atoms in total. The van der Waals surface area contributed by atoms with Crippen molar-refractivity contribution in [2.45, 2.75) is 36.9 Å². The summed E-state index contributed by atoms with van der Waals surface area (Å²) >= 11 is 0. The first-order chi connectivity index (χ1) is 11.4. The van der Waals surface area contributed by atoms with Gasteiger partial charge in [0.15, 0.2) is 0 Å². The van der Waals surface area contributed by atoms with Crippen molar-refractivity contribution in [3.8, 4) is 0 Å². The summed E-state index contributed by atoms with van der Waals surface area (Å²) in [4.78, 5) is 0. The molecule has 0 N–H and O–H groups in total. The summed E-state index contributed by atoms with van der Waals surface area (Å²) in [5, 5.41) is 0. The first-order valence-corrected chi connectivity index (χ1v) is 7.99. The average Bonchev–Trinajstić information content (AvgIpc) is 2.26. The molecule has 0 aliphatic carbocycles. The SMILES string of the molecule is O=S(=O)([N-]S(=O)(=O)OC(C(F)(F)F)C(F)(F)F)OC(C(F)(F)F)C(F)(F)F.[Li+]. The van der Waals surface area contributed by atoms with E-state index in [-0.39, 0.29) is 18.9 Å². The predicted molar refractivity (Wildman–Crippen MR) is 55.2 cm³/mol. The Morgan fingerprint density at radius 1 is 0.536 bits per heavy atom. The molecular formula is C6H2F12LiNO6S2. The Morgan fingerprint density at radius 2 is 0.714 bits per heavy atom. The number of rotatable bonds is 6. The molecule has 0 saturated carbocycles. The monoisotopic (exact) mass is 483 g/mol. The Kier molecular flexibility index (Phi) is 9.27. The molecule has 0 atom stereocenters. The van der Waals surface area contributed by atoms with Gasteiger partial charge in [0.2, 0.25) is 20.6 Å². The summed E-state index contributed by atoms with van der Waals surface area (Å²) in [6.07, 6.45) is -36.6. The van der Waals surface area contributed by atoms with Gasteiger partial charge in [-0.2, -0.15) is 52.7 Å². The topological polar surface area (TPSA) is 101 Å². The second-order valence-electron chi connectivity index (χ2n) is 4.05. The summed E-state index contributed by atoms with van der Waals surface area (Å²) in [6, 6.07) is 0. The number of halogens is 12. The Bertz CT molecular complexity index is 632. The van der Waals surface area contributed by atoms with Crippen LogP contribution in [0.25, 0.3) is 4.13 Å². The Balaban J connectivity index is 0. The molecule has 0 aliphatic heterocycles. The van der Waals surface area contributed by atoms with Gasteiger partial charge in [-0.1, -0.05) is 0 Å². The second kappa shape index (κ2) is 8.72. The zero-order valence-corrected chi connectivity index (χ0v) is 14.0. The smallest absolute Gasteiger partial charge is 0.387 e. The van der Waals surface area contributed by atoms with Crippen LogP contribution in [-0.2, 0) is 29.0 Å².